The number of aryl methyl sites for hydroxylation is 3. The van der Waals surface area contributed by atoms with Crippen LogP contribution in [-0.2, 0) is 11.3 Å². The van der Waals surface area contributed by atoms with Gasteiger partial charge in [-0.05, 0) is 55.7 Å². The van der Waals surface area contributed by atoms with E-state index in [1.165, 1.54) is 5.56 Å². The van der Waals surface area contributed by atoms with E-state index in [9.17, 15) is 4.79 Å². The Kier molecular flexibility index (Phi) is 4.65. The van der Waals surface area contributed by atoms with Gasteiger partial charge in [-0.15, -0.1) is 0 Å². The molecule has 4 rings (SSSR count). The molecular formula is C23H22N4O. The number of hydrogen-bond donors (Lipinski definition) is 1. The van der Waals surface area contributed by atoms with Crippen molar-refractivity contribution in [2.45, 2.75) is 27.3 Å². The van der Waals surface area contributed by atoms with Crippen LogP contribution in [0.4, 0.5) is 5.69 Å². The molecular weight excluding hydrogens is 348 g/mol. The van der Waals surface area contributed by atoms with E-state index in [0.29, 0.717) is 0 Å². The molecule has 5 heteroatoms. The van der Waals surface area contributed by atoms with Crippen molar-refractivity contribution in [3.63, 3.8) is 0 Å². The minimum absolute atomic E-state index is 0.114. The average molecular weight is 370 g/mol. The van der Waals surface area contributed by atoms with Gasteiger partial charge in [-0.3, -0.25) is 4.79 Å². The van der Waals surface area contributed by atoms with E-state index in [0.717, 1.165) is 39.1 Å². The number of carbonyl (C=O) groups is 1. The minimum Gasteiger partial charge on any atom is -0.324 e. The number of benzene rings is 2. The van der Waals surface area contributed by atoms with Crippen molar-refractivity contribution in [2.24, 2.45) is 0 Å². The molecule has 0 aliphatic heterocycles. The van der Waals surface area contributed by atoms with Crippen molar-refractivity contribution in [2.75, 3.05) is 5.32 Å². The first-order valence-electron chi connectivity index (χ1n) is 9.27. The average Bonchev–Trinajstić information content (AvgIpc) is 2.97. The number of hydrogen-bond acceptors (Lipinski definition) is 3. The molecule has 1 amide bonds. The van der Waals surface area contributed by atoms with Crippen LogP contribution >= 0.6 is 0 Å². The third kappa shape index (κ3) is 3.51. The van der Waals surface area contributed by atoms with E-state index in [-0.39, 0.29) is 12.5 Å². The third-order valence-electron chi connectivity index (χ3n) is 4.73. The summed E-state index contributed by atoms with van der Waals surface area (Å²) in [6.07, 6.45) is 1.77. The highest BCUT2D eigenvalue weighted by Gasteiger charge is 2.16. The molecule has 1 N–H and O–H groups in total. The predicted octanol–water partition coefficient (Wildman–Crippen LogP) is 4.66. The van der Waals surface area contributed by atoms with Gasteiger partial charge in [0.2, 0.25) is 5.91 Å². The Labute approximate surface area is 164 Å². The Hall–Kier alpha value is -3.47. The third-order valence-corrected chi connectivity index (χ3v) is 4.73. The SMILES string of the molecule is Cc1cccc(NC(=O)Cn2nc(C)c3c(-c4cccc(C)c4)ccnc32)c1. The zero-order chi connectivity index (χ0) is 19.7. The number of amides is 1. The van der Waals surface area contributed by atoms with E-state index >= 15 is 0 Å². The molecule has 0 fully saturated rings. The van der Waals surface area contributed by atoms with Crippen LogP contribution in [0, 0.1) is 20.8 Å². The molecule has 0 aliphatic rings. The predicted molar refractivity (Wildman–Crippen MR) is 112 cm³/mol. The maximum atomic E-state index is 12.5. The molecule has 140 valence electrons. The lowest BCUT2D eigenvalue weighted by Crippen LogP contribution is -2.19. The molecule has 0 spiro atoms. The first-order valence-corrected chi connectivity index (χ1v) is 9.27. The van der Waals surface area contributed by atoms with Gasteiger partial charge in [0.25, 0.3) is 0 Å². The van der Waals surface area contributed by atoms with Crippen molar-refractivity contribution >= 4 is 22.6 Å². The molecule has 2 aromatic heterocycles. The molecule has 0 aliphatic carbocycles. The molecule has 0 saturated carbocycles. The maximum absolute atomic E-state index is 12.5. The van der Waals surface area contributed by atoms with Crippen molar-refractivity contribution in [1.82, 2.24) is 14.8 Å². The lowest BCUT2D eigenvalue weighted by Gasteiger charge is -2.08. The lowest BCUT2D eigenvalue weighted by molar-refractivity contribution is -0.116. The number of rotatable bonds is 4. The van der Waals surface area contributed by atoms with E-state index in [1.54, 1.807) is 10.9 Å². The number of aromatic nitrogens is 3. The summed E-state index contributed by atoms with van der Waals surface area (Å²) in [5.41, 5.74) is 6.87. The largest absolute Gasteiger partial charge is 0.324 e. The van der Waals surface area contributed by atoms with Crippen molar-refractivity contribution in [3.8, 4) is 11.1 Å². The fourth-order valence-electron chi connectivity index (χ4n) is 3.50. The van der Waals surface area contributed by atoms with Crippen LogP contribution in [0.25, 0.3) is 22.2 Å². The normalized spacial score (nSPS) is 11.0. The van der Waals surface area contributed by atoms with E-state index in [4.69, 9.17) is 0 Å². The summed E-state index contributed by atoms with van der Waals surface area (Å²) in [7, 11) is 0. The highest BCUT2D eigenvalue weighted by molar-refractivity contribution is 5.96. The summed E-state index contributed by atoms with van der Waals surface area (Å²) in [5, 5.41) is 8.51. The van der Waals surface area contributed by atoms with E-state index < -0.39 is 0 Å². The summed E-state index contributed by atoms with van der Waals surface area (Å²) in [6.45, 7) is 6.14. The van der Waals surface area contributed by atoms with E-state index in [1.807, 2.05) is 50.2 Å². The van der Waals surface area contributed by atoms with Crippen LogP contribution < -0.4 is 5.32 Å². The van der Waals surface area contributed by atoms with Crippen molar-refractivity contribution in [3.05, 3.63) is 77.6 Å². The molecule has 0 bridgehead atoms. The highest BCUT2D eigenvalue weighted by atomic mass is 16.2. The molecule has 2 aromatic carbocycles. The lowest BCUT2D eigenvalue weighted by atomic mass is 10.0. The molecule has 0 radical (unpaired) electrons. The highest BCUT2D eigenvalue weighted by Crippen LogP contribution is 2.30. The number of pyridine rings is 1. The Morgan fingerprint density at radius 2 is 1.75 bits per heavy atom. The number of carbonyl (C=O) groups excluding carboxylic acids is 1. The van der Waals surface area contributed by atoms with Gasteiger partial charge < -0.3 is 5.32 Å². The van der Waals surface area contributed by atoms with Gasteiger partial charge >= 0.3 is 0 Å². The van der Waals surface area contributed by atoms with Crippen molar-refractivity contribution in [1.29, 1.82) is 0 Å². The Morgan fingerprint density at radius 1 is 1.00 bits per heavy atom. The molecule has 4 aromatic rings. The zero-order valence-electron chi connectivity index (χ0n) is 16.2. The second kappa shape index (κ2) is 7.27. The fourth-order valence-corrected chi connectivity index (χ4v) is 3.50. The second-order valence-electron chi connectivity index (χ2n) is 7.09. The van der Waals surface area contributed by atoms with Crippen LogP contribution in [0.2, 0.25) is 0 Å². The number of fused-ring (bicyclic) bond motifs is 1. The summed E-state index contributed by atoms with van der Waals surface area (Å²) in [6, 6.07) is 18.1. The first-order chi connectivity index (χ1) is 13.5. The number of anilines is 1. The van der Waals surface area contributed by atoms with Gasteiger partial charge in [0.15, 0.2) is 5.65 Å². The molecule has 2 heterocycles. The molecule has 0 unspecified atom stereocenters. The summed E-state index contributed by atoms with van der Waals surface area (Å²) in [5.74, 6) is -0.127. The molecule has 28 heavy (non-hydrogen) atoms. The quantitative estimate of drug-likeness (QED) is 0.568. The molecule has 5 nitrogen and oxygen atoms in total. The number of nitrogens with one attached hydrogen (secondary N) is 1. The summed E-state index contributed by atoms with van der Waals surface area (Å²) in [4.78, 5) is 17.1. The number of nitrogens with zero attached hydrogens (tertiary/aromatic N) is 3. The topological polar surface area (TPSA) is 59.8 Å². The van der Waals surface area contributed by atoms with Crippen molar-refractivity contribution < 1.29 is 4.79 Å². The molecule has 0 saturated heterocycles. The fraction of sp³-hybridized carbons (Fsp3) is 0.174. The standard InChI is InChI=1S/C23H22N4O/c1-15-6-4-8-18(12-15)20-10-11-24-23-22(20)17(3)26-27(23)14-21(28)25-19-9-5-7-16(2)13-19/h4-13H,14H2,1-3H3,(H,25,28). The van der Waals surface area contributed by atoms with Crippen LogP contribution in [0.15, 0.2) is 60.8 Å². The Balaban J connectivity index is 1.67. The second-order valence-corrected chi connectivity index (χ2v) is 7.09. The Morgan fingerprint density at radius 3 is 2.50 bits per heavy atom. The minimum atomic E-state index is -0.127. The van der Waals surface area contributed by atoms with Gasteiger partial charge in [-0.1, -0.05) is 42.0 Å². The van der Waals surface area contributed by atoms with Crippen LogP contribution in [0.5, 0.6) is 0 Å². The van der Waals surface area contributed by atoms with Gasteiger partial charge in [-0.2, -0.15) is 5.10 Å². The smallest absolute Gasteiger partial charge is 0.246 e. The maximum Gasteiger partial charge on any atom is 0.246 e. The van der Waals surface area contributed by atoms with Gasteiger partial charge in [0, 0.05) is 17.3 Å². The Bertz CT molecular complexity index is 1180. The summed E-state index contributed by atoms with van der Waals surface area (Å²) >= 11 is 0. The van der Waals surface area contributed by atoms with Crippen LogP contribution in [0.1, 0.15) is 16.8 Å². The van der Waals surface area contributed by atoms with Gasteiger partial charge in [0.1, 0.15) is 6.54 Å². The zero-order valence-corrected chi connectivity index (χ0v) is 16.2. The van der Waals surface area contributed by atoms with Crippen LogP contribution in [-0.4, -0.2) is 20.7 Å². The summed E-state index contributed by atoms with van der Waals surface area (Å²) < 4.78 is 1.68. The first kappa shape index (κ1) is 17.9. The van der Waals surface area contributed by atoms with Gasteiger partial charge in [0.05, 0.1) is 5.69 Å². The van der Waals surface area contributed by atoms with E-state index in [2.05, 4.69) is 40.5 Å². The molecule has 0 atom stereocenters. The van der Waals surface area contributed by atoms with Gasteiger partial charge in [-0.25, -0.2) is 9.67 Å². The van der Waals surface area contributed by atoms with Crippen LogP contribution in [0.3, 0.4) is 0 Å². The monoisotopic (exact) mass is 370 g/mol.